The first kappa shape index (κ1) is 26.6. The second-order valence-corrected chi connectivity index (χ2v) is 10.6. The fourth-order valence-electron chi connectivity index (χ4n) is 5.09. The lowest BCUT2D eigenvalue weighted by molar-refractivity contribution is 0.102. The number of nitrogens with zero attached hydrogens (tertiary/aromatic N) is 5. The first-order valence-electron chi connectivity index (χ1n) is 13.7. The van der Waals surface area contributed by atoms with Crippen LogP contribution in [-0.4, -0.2) is 71.0 Å². The van der Waals surface area contributed by atoms with Crippen LogP contribution in [0, 0.1) is 12.8 Å². The number of aromatic nitrogens is 2. The summed E-state index contributed by atoms with van der Waals surface area (Å²) in [6, 6.07) is 15.1. The van der Waals surface area contributed by atoms with Gasteiger partial charge < -0.3 is 19.9 Å². The minimum absolute atomic E-state index is 0.192. The number of pyridine rings is 2. The van der Waals surface area contributed by atoms with E-state index in [-0.39, 0.29) is 11.8 Å². The van der Waals surface area contributed by atoms with Crippen LogP contribution in [-0.2, 0) is 6.54 Å². The van der Waals surface area contributed by atoms with Crippen LogP contribution in [0.15, 0.2) is 60.9 Å². The van der Waals surface area contributed by atoms with Crippen molar-refractivity contribution in [2.45, 2.75) is 33.2 Å². The Hall–Kier alpha value is -3.98. The van der Waals surface area contributed by atoms with Crippen LogP contribution in [0.4, 0.5) is 16.3 Å². The van der Waals surface area contributed by atoms with Crippen molar-refractivity contribution < 1.29 is 14.3 Å². The number of hydrogen-bond acceptors (Lipinski definition) is 7. The van der Waals surface area contributed by atoms with Gasteiger partial charge in [0.15, 0.2) is 0 Å². The van der Waals surface area contributed by atoms with Gasteiger partial charge in [-0.15, -0.1) is 0 Å². The maximum Gasteiger partial charge on any atom is 0.416 e. The molecule has 3 aromatic rings. The number of rotatable bonds is 6. The van der Waals surface area contributed by atoms with Crippen molar-refractivity contribution in [3.05, 3.63) is 77.6 Å². The summed E-state index contributed by atoms with van der Waals surface area (Å²) >= 11 is 0. The average molecular weight is 529 g/mol. The van der Waals surface area contributed by atoms with Crippen molar-refractivity contribution in [2.24, 2.45) is 5.92 Å². The van der Waals surface area contributed by atoms with Crippen molar-refractivity contribution in [3.63, 3.8) is 0 Å². The van der Waals surface area contributed by atoms with Gasteiger partial charge in [-0.2, -0.15) is 0 Å². The Bertz CT molecular complexity index is 1260. The molecule has 204 valence electrons. The Kier molecular flexibility index (Phi) is 8.36. The minimum Gasteiger partial charge on any atom is -0.391 e. The summed E-state index contributed by atoms with van der Waals surface area (Å²) in [6.45, 7) is 9.93. The second-order valence-electron chi connectivity index (χ2n) is 10.6. The summed E-state index contributed by atoms with van der Waals surface area (Å²) in [7, 11) is 0. The maximum absolute atomic E-state index is 12.7. The molecule has 9 heteroatoms. The van der Waals surface area contributed by atoms with E-state index < -0.39 is 6.09 Å². The molecule has 2 saturated heterocycles. The molecule has 4 heterocycles. The van der Waals surface area contributed by atoms with Gasteiger partial charge in [-0.05, 0) is 67.6 Å². The Balaban J connectivity index is 1.08. The fourth-order valence-corrected chi connectivity index (χ4v) is 5.09. The molecule has 0 spiro atoms. The van der Waals surface area contributed by atoms with Crippen molar-refractivity contribution in [3.8, 4) is 5.88 Å². The highest BCUT2D eigenvalue weighted by atomic mass is 16.6. The molecule has 2 aliphatic rings. The summed E-state index contributed by atoms with van der Waals surface area (Å²) in [5, 5.41) is 2.86. The molecule has 1 N–H and O–H groups in total. The third-order valence-corrected chi connectivity index (χ3v) is 7.31. The quantitative estimate of drug-likeness (QED) is 0.500. The molecule has 2 amide bonds. The largest absolute Gasteiger partial charge is 0.416 e. The summed E-state index contributed by atoms with van der Waals surface area (Å²) in [4.78, 5) is 40.3. The van der Waals surface area contributed by atoms with Crippen molar-refractivity contribution in [2.75, 3.05) is 49.5 Å². The number of ether oxygens (including phenoxy) is 1. The van der Waals surface area contributed by atoms with Gasteiger partial charge in [0.1, 0.15) is 5.82 Å². The number of carbonyl (C=O) groups is 2. The van der Waals surface area contributed by atoms with E-state index in [1.807, 2.05) is 49.5 Å². The zero-order valence-corrected chi connectivity index (χ0v) is 22.7. The Morgan fingerprint density at radius 1 is 0.949 bits per heavy atom. The molecular formula is C30H36N6O3. The fraction of sp³-hybridized carbons (Fsp3) is 0.400. The summed E-state index contributed by atoms with van der Waals surface area (Å²) < 4.78 is 5.46. The van der Waals surface area contributed by atoms with E-state index in [1.54, 1.807) is 17.0 Å². The van der Waals surface area contributed by atoms with Gasteiger partial charge in [0, 0.05) is 57.1 Å². The predicted octanol–water partition coefficient (Wildman–Crippen LogP) is 4.59. The Morgan fingerprint density at radius 3 is 2.41 bits per heavy atom. The number of nitrogens with one attached hydrogen (secondary N) is 1. The highest BCUT2D eigenvalue weighted by molar-refractivity contribution is 6.04. The summed E-state index contributed by atoms with van der Waals surface area (Å²) in [5.74, 6) is 1.64. The lowest BCUT2D eigenvalue weighted by Gasteiger charge is -2.34. The lowest BCUT2D eigenvalue weighted by atomic mass is 9.99. The second kappa shape index (κ2) is 12.3. The Labute approximate surface area is 229 Å². The number of amides is 2. The van der Waals surface area contributed by atoms with E-state index >= 15 is 0 Å². The van der Waals surface area contributed by atoms with Crippen LogP contribution in [0.5, 0.6) is 5.88 Å². The van der Waals surface area contributed by atoms with E-state index in [4.69, 9.17) is 4.74 Å². The molecular weight excluding hydrogens is 492 g/mol. The van der Waals surface area contributed by atoms with Gasteiger partial charge in [0.2, 0.25) is 5.88 Å². The van der Waals surface area contributed by atoms with Crippen LogP contribution >= 0.6 is 0 Å². The van der Waals surface area contributed by atoms with Crippen LogP contribution in [0.1, 0.15) is 41.3 Å². The zero-order chi connectivity index (χ0) is 27.2. The smallest absolute Gasteiger partial charge is 0.391 e. The minimum atomic E-state index is -0.435. The third-order valence-electron chi connectivity index (χ3n) is 7.31. The normalized spacial score (nSPS) is 18.1. The summed E-state index contributed by atoms with van der Waals surface area (Å²) in [6.07, 6.45) is 5.46. The molecule has 0 aliphatic carbocycles. The van der Waals surface area contributed by atoms with Crippen LogP contribution in [0.25, 0.3) is 0 Å². The van der Waals surface area contributed by atoms with Crippen LogP contribution in [0.2, 0.25) is 0 Å². The highest BCUT2D eigenvalue weighted by Gasteiger charge is 2.24. The van der Waals surface area contributed by atoms with E-state index in [9.17, 15) is 9.59 Å². The number of benzene rings is 1. The molecule has 2 aliphatic heterocycles. The first-order valence-corrected chi connectivity index (χ1v) is 13.7. The SMILES string of the molecule is Cc1ccc(N2CCN(C(=O)Oc3ccc(NC(=O)c4ccc(CN5CCCC(C)C5)cc4)cn3)CC2)nc1. The monoisotopic (exact) mass is 528 g/mol. The van der Waals surface area contributed by atoms with Crippen molar-refractivity contribution >= 4 is 23.5 Å². The number of carbonyl (C=O) groups excluding carboxylic acids is 2. The van der Waals surface area contributed by atoms with Gasteiger partial charge in [-0.3, -0.25) is 9.69 Å². The molecule has 1 aromatic carbocycles. The first-order chi connectivity index (χ1) is 18.9. The molecule has 2 fully saturated rings. The van der Waals surface area contributed by atoms with Gasteiger partial charge in [-0.1, -0.05) is 25.1 Å². The van der Waals surface area contributed by atoms with E-state index in [0.29, 0.717) is 37.4 Å². The number of piperazine rings is 1. The standard InChI is InChI=1S/C30H36N6O3/c1-22-5-11-27(31-18-22)35-14-16-36(17-15-35)30(38)39-28-12-10-26(19-32-28)33-29(37)25-8-6-24(7-9-25)21-34-13-3-4-23(2)20-34/h5-12,18-19,23H,3-4,13-17,20-21H2,1-2H3,(H,33,37). The van der Waals surface area contributed by atoms with Crippen LogP contribution in [0.3, 0.4) is 0 Å². The third kappa shape index (κ3) is 7.11. The molecule has 1 atom stereocenters. The predicted molar refractivity (Wildman–Crippen MR) is 151 cm³/mol. The molecule has 5 rings (SSSR count). The lowest BCUT2D eigenvalue weighted by Crippen LogP contribution is -2.49. The molecule has 2 aromatic heterocycles. The van der Waals surface area contributed by atoms with Crippen molar-refractivity contribution in [1.82, 2.24) is 19.8 Å². The number of likely N-dealkylation sites (tertiary alicyclic amines) is 1. The van der Waals surface area contributed by atoms with E-state index in [0.717, 1.165) is 36.9 Å². The highest BCUT2D eigenvalue weighted by Crippen LogP contribution is 2.19. The van der Waals surface area contributed by atoms with Gasteiger partial charge in [0.25, 0.3) is 5.91 Å². The molecule has 9 nitrogen and oxygen atoms in total. The zero-order valence-electron chi connectivity index (χ0n) is 22.7. The summed E-state index contributed by atoms with van der Waals surface area (Å²) in [5.41, 5.74) is 3.44. The number of hydrogen-bond donors (Lipinski definition) is 1. The molecule has 1 unspecified atom stereocenters. The number of piperidine rings is 1. The van der Waals surface area contributed by atoms with Crippen LogP contribution < -0.4 is 15.0 Å². The van der Waals surface area contributed by atoms with E-state index in [1.165, 1.54) is 24.6 Å². The molecule has 0 bridgehead atoms. The molecule has 39 heavy (non-hydrogen) atoms. The Morgan fingerprint density at radius 2 is 1.74 bits per heavy atom. The van der Waals surface area contributed by atoms with Crippen molar-refractivity contribution in [1.29, 1.82) is 0 Å². The molecule has 0 radical (unpaired) electrons. The van der Waals surface area contributed by atoms with Gasteiger partial charge in [0.05, 0.1) is 11.9 Å². The number of anilines is 2. The maximum atomic E-state index is 12.7. The van der Waals surface area contributed by atoms with E-state index in [2.05, 4.69) is 32.0 Å². The molecule has 0 saturated carbocycles. The average Bonchev–Trinajstić information content (AvgIpc) is 2.95. The topological polar surface area (TPSA) is 90.9 Å². The van der Waals surface area contributed by atoms with Gasteiger partial charge in [-0.25, -0.2) is 14.8 Å². The number of aryl methyl sites for hydroxylation is 1. The van der Waals surface area contributed by atoms with Gasteiger partial charge >= 0.3 is 6.09 Å².